The first-order chi connectivity index (χ1) is 10.3. The third-order valence-electron chi connectivity index (χ3n) is 4.20. The first kappa shape index (κ1) is 13.8. The Morgan fingerprint density at radius 2 is 2.18 bits per heavy atom. The SMILES string of the molecule is Cn1c(=O)n2c3c4c(c(Br)c(F)cc4ncc31)OCC2(C)C. The molecule has 1 aliphatic rings. The lowest BCUT2D eigenvalue weighted by Gasteiger charge is -2.24. The molecule has 0 aliphatic carbocycles. The molecule has 114 valence electrons. The predicted molar refractivity (Wildman–Crippen MR) is 85.0 cm³/mol. The van der Waals surface area contributed by atoms with E-state index in [0.29, 0.717) is 22.2 Å². The molecular weight excluding hydrogens is 353 g/mol. The van der Waals surface area contributed by atoms with Crippen LogP contribution in [-0.2, 0) is 12.6 Å². The van der Waals surface area contributed by atoms with Gasteiger partial charge >= 0.3 is 5.69 Å². The van der Waals surface area contributed by atoms with Crippen molar-refractivity contribution in [3.8, 4) is 5.75 Å². The largest absolute Gasteiger partial charge is 0.489 e. The van der Waals surface area contributed by atoms with Gasteiger partial charge in [0.05, 0.1) is 38.1 Å². The monoisotopic (exact) mass is 365 g/mol. The number of imidazole rings is 1. The Hall–Kier alpha value is -1.89. The van der Waals surface area contributed by atoms with Gasteiger partial charge in [0.25, 0.3) is 0 Å². The minimum Gasteiger partial charge on any atom is -0.489 e. The van der Waals surface area contributed by atoms with E-state index in [0.717, 1.165) is 5.52 Å². The van der Waals surface area contributed by atoms with E-state index in [2.05, 4.69) is 20.9 Å². The minimum atomic E-state index is -0.556. The Morgan fingerprint density at radius 1 is 1.45 bits per heavy atom. The zero-order valence-corrected chi connectivity index (χ0v) is 13.9. The van der Waals surface area contributed by atoms with Crippen LogP contribution in [0.2, 0.25) is 0 Å². The second kappa shape index (κ2) is 4.10. The van der Waals surface area contributed by atoms with Crippen LogP contribution in [0.25, 0.3) is 21.9 Å². The number of rotatable bonds is 0. The molecule has 3 heterocycles. The quantitative estimate of drug-likeness (QED) is 0.615. The number of aromatic nitrogens is 3. The lowest BCUT2D eigenvalue weighted by atomic mass is 10.1. The molecule has 0 bridgehead atoms. The van der Waals surface area contributed by atoms with Crippen molar-refractivity contribution in [2.24, 2.45) is 7.05 Å². The Kier molecular flexibility index (Phi) is 2.56. The summed E-state index contributed by atoms with van der Waals surface area (Å²) in [6, 6.07) is 1.35. The summed E-state index contributed by atoms with van der Waals surface area (Å²) in [7, 11) is 1.71. The maximum atomic E-state index is 14.1. The molecule has 0 N–H and O–H groups in total. The van der Waals surface area contributed by atoms with Crippen LogP contribution in [0.5, 0.6) is 5.75 Å². The summed E-state index contributed by atoms with van der Waals surface area (Å²) in [5.74, 6) is -0.0306. The van der Waals surface area contributed by atoms with E-state index < -0.39 is 11.4 Å². The number of halogens is 2. The van der Waals surface area contributed by atoms with Gasteiger partial charge in [-0.3, -0.25) is 14.1 Å². The highest BCUT2D eigenvalue weighted by molar-refractivity contribution is 9.10. The van der Waals surface area contributed by atoms with Crippen LogP contribution >= 0.6 is 15.9 Å². The average molecular weight is 366 g/mol. The smallest absolute Gasteiger partial charge is 0.329 e. The minimum absolute atomic E-state index is 0.133. The van der Waals surface area contributed by atoms with Gasteiger partial charge in [-0.1, -0.05) is 0 Å². The van der Waals surface area contributed by atoms with Crippen LogP contribution in [0.15, 0.2) is 21.5 Å². The zero-order valence-electron chi connectivity index (χ0n) is 12.3. The molecule has 0 amide bonds. The number of pyridine rings is 1. The molecule has 3 aromatic rings. The maximum Gasteiger partial charge on any atom is 0.329 e. The van der Waals surface area contributed by atoms with Crippen LogP contribution in [0.1, 0.15) is 13.8 Å². The Balaban J connectivity index is 2.39. The first-order valence-electron chi connectivity index (χ1n) is 6.84. The van der Waals surface area contributed by atoms with Gasteiger partial charge in [0, 0.05) is 13.1 Å². The van der Waals surface area contributed by atoms with E-state index in [9.17, 15) is 9.18 Å². The maximum absolute atomic E-state index is 14.1. The molecule has 7 heteroatoms. The molecule has 1 aliphatic heterocycles. The highest BCUT2D eigenvalue weighted by atomic mass is 79.9. The van der Waals surface area contributed by atoms with Gasteiger partial charge < -0.3 is 4.74 Å². The topological polar surface area (TPSA) is 49.0 Å². The van der Waals surface area contributed by atoms with Crippen LogP contribution in [0.3, 0.4) is 0 Å². The number of ether oxygens (including phenoxy) is 1. The van der Waals surface area contributed by atoms with E-state index in [-0.39, 0.29) is 16.8 Å². The highest BCUT2D eigenvalue weighted by Gasteiger charge is 2.33. The normalized spacial score (nSPS) is 16.2. The first-order valence-corrected chi connectivity index (χ1v) is 7.63. The molecule has 0 unspecified atom stereocenters. The third kappa shape index (κ3) is 1.52. The van der Waals surface area contributed by atoms with Crippen molar-refractivity contribution in [1.82, 2.24) is 14.1 Å². The molecule has 1 aromatic carbocycles. The number of benzene rings is 1. The zero-order chi connectivity index (χ0) is 15.8. The van der Waals surface area contributed by atoms with Crippen molar-refractivity contribution in [3.05, 3.63) is 33.0 Å². The fourth-order valence-electron chi connectivity index (χ4n) is 3.07. The molecule has 22 heavy (non-hydrogen) atoms. The van der Waals surface area contributed by atoms with Crippen molar-refractivity contribution >= 4 is 37.9 Å². The van der Waals surface area contributed by atoms with E-state index in [1.165, 1.54) is 6.07 Å². The van der Waals surface area contributed by atoms with Crippen LogP contribution < -0.4 is 10.4 Å². The number of aryl methyl sites for hydroxylation is 1. The summed E-state index contributed by atoms with van der Waals surface area (Å²) in [5.41, 5.74) is 1.22. The summed E-state index contributed by atoms with van der Waals surface area (Å²) in [4.78, 5) is 17.0. The summed E-state index contributed by atoms with van der Waals surface area (Å²) in [5, 5.41) is 0.661. The molecular formula is C15H13BrFN3O2. The summed E-state index contributed by atoms with van der Waals surface area (Å²) in [6.07, 6.45) is 1.61. The molecule has 0 spiro atoms. The molecule has 0 saturated heterocycles. The van der Waals surface area contributed by atoms with Gasteiger partial charge in [-0.05, 0) is 29.8 Å². The highest BCUT2D eigenvalue weighted by Crippen LogP contribution is 2.42. The number of hydrogen-bond donors (Lipinski definition) is 0. The molecule has 0 atom stereocenters. The number of hydrogen-bond acceptors (Lipinski definition) is 3. The van der Waals surface area contributed by atoms with Crippen LogP contribution in [0, 0.1) is 5.82 Å². The van der Waals surface area contributed by atoms with E-state index >= 15 is 0 Å². The summed E-state index contributed by atoms with van der Waals surface area (Å²) >= 11 is 3.25. The van der Waals surface area contributed by atoms with Crippen molar-refractivity contribution < 1.29 is 9.13 Å². The lowest BCUT2D eigenvalue weighted by Crippen LogP contribution is -2.40. The van der Waals surface area contributed by atoms with E-state index in [1.54, 1.807) is 22.4 Å². The van der Waals surface area contributed by atoms with Crippen molar-refractivity contribution in [1.29, 1.82) is 0 Å². The van der Waals surface area contributed by atoms with Crippen molar-refractivity contribution in [2.45, 2.75) is 19.4 Å². The fourth-order valence-corrected chi connectivity index (χ4v) is 3.50. The predicted octanol–water partition coefficient (Wildman–Crippen LogP) is 2.92. The third-order valence-corrected chi connectivity index (χ3v) is 4.94. The van der Waals surface area contributed by atoms with E-state index in [4.69, 9.17) is 4.74 Å². The van der Waals surface area contributed by atoms with Gasteiger partial charge in [0.2, 0.25) is 0 Å². The molecule has 0 radical (unpaired) electrons. The van der Waals surface area contributed by atoms with Crippen molar-refractivity contribution in [3.63, 3.8) is 0 Å². The van der Waals surface area contributed by atoms with Crippen LogP contribution in [0.4, 0.5) is 4.39 Å². The van der Waals surface area contributed by atoms with Crippen molar-refractivity contribution in [2.75, 3.05) is 6.61 Å². The molecule has 2 aromatic heterocycles. The van der Waals surface area contributed by atoms with Gasteiger partial charge in [0.15, 0.2) is 0 Å². The van der Waals surface area contributed by atoms with Gasteiger partial charge in [-0.2, -0.15) is 0 Å². The Labute approximate surface area is 133 Å². The summed E-state index contributed by atoms with van der Waals surface area (Å²) < 4.78 is 23.5. The number of nitrogens with zero attached hydrogens (tertiary/aromatic N) is 3. The lowest BCUT2D eigenvalue weighted by molar-refractivity contribution is 0.188. The van der Waals surface area contributed by atoms with Crippen LogP contribution in [-0.4, -0.2) is 20.7 Å². The fraction of sp³-hybridized carbons (Fsp3) is 0.333. The standard InChI is InChI=1S/C15H13BrFN3O2/c1-15(2)6-22-13-10-8(4-7(17)11(13)16)18-5-9-12(10)20(15)14(21)19(9)3/h4-5H,6H2,1-3H3. The van der Waals surface area contributed by atoms with Gasteiger partial charge in [-0.25, -0.2) is 9.18 Å². The molecule has 5 nitrogen and oxygen atoms in total. The Bertz CT molecular complexity index is 1020. The summed E-state index contributed by atoms with van der Waals surface area (Å²) in [6.45, 7) is 4.12. The van der Waals surface area contributed by atoms with Gasteiger partial charge in [-0.15, -0.1) is 0 Å². The molecule has 0 saturated carbocycles. The Morgan fingerprint density at radius 3 is 2.91 bits per heavy atom. The van der Waals surface area contributed by atoms with E-state index in [1.807, 2.05) is 13.8 Å². The molecule has 0 fully saturated rings. The second-order valence-electron chi connectivity index (χ2n) is 6.17. The average Bonchev–Trinajstić information content (AvgIpc) is 2.64. The second-order valence-corrected chi connectivity index (χ2v) is 6.96. The van der Waals surface area contributed by atoms with Gasteiger partial charge in [0.1, 0.15) is 18.2 Å². The molecule has 4 rings (SSSR count).